The third-order valence-electron chi connectivity index (χ3n) is 4.42. The Hall–Kier alpha value is -2.04. The van der Waals surface area contributed by atoms with Gasteiger partial charge < -0.3 is 14.5 Å². The van der Waals surface area contributed by atoms with E-state index in [-0.39, 0.29) is 11.1 Å². The maximum Gasteiger partial charge on any atom is 0.526 e. The van der Waals surface area contributed by atoms with E-state index < -0.39 is 7.12 Å². The van der Waals surface area contributed by atoms with E-state index in [1.165, 1.54) is 11.1 Å². The first-order chi connectivity index (χ1) is 10.2. The van der Waals surface area contributed by atoms with Gasteiger partial charge in [-0.25, -0.2) is 0 Å². The molecule has 1 saturated carbocycles. The van der Waals surface area contributed by atoms with Crippen molar-refractivity contribution in [3.63, 3.8) is 0 Å². The van der Waals surface area contributed by atoms with Crippen LogP contribution in [0.5, 0.6) is 0 Å². The zero-order valence-electron chi connectivity index (χ0n) is 11.5. The molecular weight excluding hydrogens is 263 g/mol. The lowest BCUT2D eigenvalue weighted by atomic mass is 9.87. The summed E-state index contributed by atoms with van der Waals surface area (Å²) in [7, 11) is -1.56. The van der Waals surface area contributed by atoms with Crippen LogP contribution in [0.2, 0.25) is 0 Å². The second-order valence-electron chi connectivity index (χ2n) is 5.72. The normalized spacial score (nSPS) is 16.1. The molecule has 2 aromatic carbocycles. The van der Waals surface area contributed by atoms with Gasteiger partial charge in [0.05, 0.1) is 0 Å². The summed E-state index contributed by atoms with van der Waals surface area (Å²) < 4.78 is 5.53. The van der Waals surface area contributed by atoms with Crippen LogP contribution in [-0.2, 0) is 5.41 Å². The summed E-state index contributed by atoms with van der Waals surface area (Å²) in [5, 5.41) is 19.3. The van der Waals surface area contributed by atoms with Gasteiger partial charge in [-0.2, -0.15) is 0 Å². The molecule has 2 N–H and O–H groups in total. The van der Waals surface area contributed by atoms with Gasteiger partial charge in [-0.1, -0.05) is 42.5 Å². The third-order valence-corrected chi connectivity index (χ3v) is 4.42. The van der Waals surface area contributed by atoms with E-state index in [0.717, 1.165) is 18.2 Å². The number of benzene rings is 2. The Morgan fingerprint density at radius 1 is 0.905 bits per heavy atom. The fraction of sp³-hybridized carbons (Fsp3) is 0.176. The number of rotatable bonds is 3. The first-order valence-corrected chi connectivity index (χ1v) is 7.15. The van der Waals surface area contributed by atoms with Crippen molar-refractivity contribution < 1.29 is 14.5 Å². The molecule has 0 saturated heterocycles. The molecule has 0 aliphatic heterocycles. The average molecular weight is 278 g/mol. The first-order valence-electron chi connectivity index (χ1n) is 7.15. The van der Waals surface area contributed by atoms with Crippen molar-refractivity contribution in [3.8, 4) is 0 Å². The SMILES string of the molecule is OB(O)c1cc2ccc(C3(c4ccccc4)CC3)cc2o1. The molecular formula is C17H15BO3. The van der Waals surface area contributed by atoms with E-state index in [1.807, 2.05) is 18.2 Å². The Bertz CT molecular complexity index is 788. The molecule has 4 heteroatoms. The summed E-state index contributed by atoms with van der Waals surface area (Å²) >= 11 is 0. The van der Waals surface area contributed by atoms with Crippen molar-refractivity contribution in [1.82, 2.24) is 0 Å². The predicted octanol–water partition coefficient (Wildman–Crippen LogP) is 2.19. The lowest BCUT2D eigenvalue weighted by molar-refractivity contribution is 0.412. The molecule has 21 heavy (non-hydrogen) atoms. The van der Waals surface area contributed by atoms with Gasteiger partial charge in [-0.3, -0.25) is 0 Å². The van der Waals surface area contributed by atoms with E-state index in [9.17, 15) is 10.0 Å². The molecule has 0 bridgehead atoms. The molecule has 1 fully saturated rings. The van der Waals surface area contributed by atoms with E-state index in [0.29, 0.717) is 5.58 Å². The minimum atomic E-state index is -1.56. The van der Waals surface area contributed by atoms with Gasteiger partial charge in [0.1, 0.15) is 11.2 Å². The standard InChI is InChI=1S/C17H15BO3/c19-18(20)16-10-12-6-7-14(11-15(12)21-16)17(8-9-17)13-4-2-1-3-5-13/h1-7,10-11,19-20H,8-9H2. The van der Waals surface area contributed by atoms with Crippen molar-refractivity contribution in [2.75, 3.05) is 0 Å². The highest BCUT2D eigenvalue weighted by Crippen LogP contribution is 2.53. The highest BCUT2D eigenvalue weighted by atomic mass is 16.4. The summed E-state index contributed by atoms with van der Waals surface area (Å²) in [6, 6.07) is 18.3. The van der Waals surface area contributed by atoms with Crippen LogP contribution >= 0.6 is 0 Å². The van der Waals surface area contributed by atoms with E-state index >= 15 is 0 Å². The van der Waals surface area contributed by atoms with E-state index in [4.69, 9.17) is 4.42 Å². The van der Waals surface area contributed by atoms with Gasteiger partial charge in [0.15, 0.2) is 0 Å². The quantitative estimate of drug-likeness (QED) is 0.722. The largest absolute Gasteiger partial charge is 0.526 e. The second kappa shape index (κ2) is 4.48. The van der Waals surface area contributed by atoms with E-state index in [2.05, 4.69) is 30.3 Å². The van der Waals surface area contributed by atoms with Gasteiger partial charge in [0.25, 0.3) is 0 Å². The summed E-state index contributed by atoms with van der Waals surface area (Å²) in [5.74, 6) is 0. The fourth-order valence-electron chi connectivity index (χ4n) is 3.10. The van der Waals surface area contributed by atoms with Crippen molar-refractivity contribution in [2.45, 2.75) is 18.3 Å². The minimum absolute atomic E-state index is 0.0975. The molecule has 0 radical (unpaired) electrons. The molecule has 1 aliphatic rings. The maximum atomic E-state index is 9.21. The third kappa shape index (κ3) is 1.99. The van der Waals surface area contributed by atoms with Crippen molar-refractivity contribution in [3.05, 3.63) is 65.7 Å². The summed E-state index contributed by atoms with van der Waals surface area (Å²) in [5.41, 5.74) is 3.55. The molecule has 1 aromatic heterocycles. The van der Waals surface area contributed by atoms with Crippen LogP contribution in [-0.4, -0.2) is 17.2 Å². The number of hydrogen-bond acceptors (Lipinski definition) is 3. The summed E-state index contributed by atoms with van der Waals surface area (Å²) in [6.45, 7) is 0. The molecule has 0 spiro atoms. The van der Waals surface area contributed by atoms with Crippen molar-refractivity contribution in [1.29, 1.82) is 0 Å². The molecule has 4 rings (SSSR count). The topological polar surface area (TPSA) is 53.6 Å². The Morgan fingerprint density at radius 2 is 1.67 bits per heavy atom. The molecule has 0 amide bonds. The lowest BCUT2D eigenvalue weighted by Crippen LogP contribution is -2.27. The number of fused-ring (bicyclic) bond motifs is 1. The second-order valence-corrected chi connectivity index (χ2v) is 5.72. The molecule has 0 atom stereocenters. The monoisotopic (exact) mass is 278 g/mol. The van der Waals surface area contributed by atoms with Crippen LogP contribution in [0.1, 0.15) is 24.0 Å². The Labute approximate surface area is 123 Å². The van der Waals surface area contributed by atoms with Crippen LogP contribution in [0.3, 0.4) is 0 Å². The summed E-state index contributed by atoms with van der Waals surface area (Å²) in [4.78, 5) is 0. The van der Waals surface area contributed by atoms with Crippen LogP contribution in [0.15, 0.2) is 59.0 Å². The molecule has 3 nitrogen and oxygen atoms in total. The Morgan fingerprint density at radius 3 is 2.33 bits per heavy atom. The Balaban J connectivity index is 1.81. The van der Waals surface area contributed by atoms with Crippen LogP contribution in [0, 0.1) is 0 Å². The maximum absolute atomic E-state index is 9.21. The number of furan rings is 1. The lowest BCUT2D eigenvalue weighted by Gasteiger charge is -2.16. The average Bonchev–Trinajstić information content (AvgIpc) is 3.20. The van der Waals surface area contributed by atoms with Gasteiger partial charge in [-0.15, -0.1) is 0 Å². The van der Waals surface area contributed by atoms with Crippen molar-refractivity contribution >= 4 is 23.7 Å². The van der Waals surface area contributed by atoms with Gasteiger partial charge >= 0.3 is 7.12 Å². The van der Waals surface area contributed by atoms with Crippen LogP contribution < -0.4 is 5.66 Å². The first kappa shape index (κ1) is 12.7. The van der Waals surface area contributed by atoms with Crippen LogP contribution in [0.25, 0.3) is 11.0 Å². The summed E-state index contributed by atoms with van der Waals surface area (Å²) in [6.07, 6.45) is 2.28. The van der Waals surface area contributed by atoms with Gasteiger partial charge in [0.2, 0.25) is 0 Å². The zero-order valence-corrected chi connectivity index (χ0v) is 11.5. The molecule has 0 unspecified atom stereocenters. The van der Waals surface area contributed by atoms with E-state index in [1.54, 1.807) is 6.07 Å². The smallest absolute Gasteiger partial charge is 0.465 e. The van der Waals surface area contributed by atoms with Crippen molar-refractivity contribution in [2.24, 2.45) is 0 Å². The van der Waals surface area contributed by atoms with Gasteiger partial charge in [0, 0.05) is 10.8 Å². The molecule has 3 aromatic rings. The Kier molecular flexibility index (Phi) is 2.71. The highest BCUT2D eigenvalue weighted by molar-refractivity contribution is 6.57. The van der Waals surface area contributed by atoms with Gasteiger partial charge in [-0.05, 0) is 36.1 Å². The molecule has 1 aliphatic carbocycles. The molecule has 1 heterocycles. The highest BCUT2D eigenvalue weighted by Gasteiger charge is 2.45. The number of hydrogen-bond donors (Lipinski definition) is 2. The molecule has 104 valence electrons. The van der Waals surface area contributed by atoms with Crippen LogP contribution in [0.4, 0.5) is 0 Å². The minimum Gasteiger partial charge on any atom is -0.465 e. The fourth-order valence-corrected chi connectivity index (χ4v) is 3.10. The zero-order chi connectivity index (χ0) is 14.4. The predicted molar refractivity (Wildman–Crippen MR) is 82.5 cm³/mol.